The van der Waals surface area contributed by atoms with Crippen molar-refractivity contribution in [1.82, 2.24) is 15.3 Å². The molecule has 2 rings (SSSR count). The van der Waals surface area contributed by atoms with Gasteiger partial charge in [-0.25, -0.2) is 4.98 Å². The lowest BCUT2D eigenvalue weighted by molar-refractivity contribution is 0.0953. The van der Waals surface area contributed by atoms with Gasteiger partial charge >= 0.3 is 0 Å². The van der Waals surface area contributed by atoms with Crippen molar-refractivity contribution in [2.24, 2.45) is 0 Å². The number of halogens is 1. The van der Waals surface area contributed by atoms with Crippen molar-refractivity contribution in [3.05, 3.63) is 52.6 Å². The molecule has 0 aliphatic carbocycles. The number of carbonyl (C=O) groups excluding carboxylic acids is 1. The maximum Gasteiger partial charge on any atom is 0.251 e. The number of amides is 1. The van der Waals surface area contributed by atoms with Gasteiger partial charge in [0.2, 0.25) is 0 Å². The molecule has 0 fully saturated rings. The minimum atomic E-state index is -0.102. The molecule has 5 heteroatoms. The van der Waals surface area contributed by atoms with Crippen molar-refractivity contribution in [3.63, 3.8) is 0 Å². The van der Waals surface area contributed by atoms with E-state index in [1.54, 1.807) is 30.7 Å². The van der Waals surface area contributed by atoms with Crippen LogP contribution in [0, 0.1) is 6.92 Å². The van der Waals surface area contributed by atoms with Gasteiger partial charge in [-0.1, -0.05) is 17.7 Å². The van der Waals surface area contributed by atoms with Gasteiger partial charge in [0.15, 0.2) is 0 Å². The van der Waals surface area contributed by atoms with Crippen LogP contribution in [-0.4, -0.2) is 22.4 Å². The first-order chi connectivity index (χ1) is 8.68. The number of aromatic nitrogens is 2. The Kier molecular flexibility index (Phi) is 3.99. The van der Waals surface area contributed by atoms with Crippen LogP contribution in [-0.2, 0) is 6.42 Å². The summed E-state index contributed by atoms with van der Waals surface area (Å²) in [5.74, 6) is -0.102. The molecule has 0 radical (unpaired) electrons. The van der Waals surface area contributed by atoms with Crippen LogP contribution >= 0.6 is 11.6 Å². The Morgan fingerprint density at radius 3 is 3.06 bits per heavy atom. The van der Waals surface area contributed by atoms with E-state index in [9.17, 15) is 4.79 Å². The lowest BCUT2D eigenvalue weighted by Crippen LogP contribution is -2.26. The van der Waals surface area contributed by atoms with Crippen molar-refractivity contribution >= 4 is 17.5 Å². The van der Waals surface area contributed by atoms with Crippen LogP contribution in [0.5, 0.6) is 0 Å². The summed E-state index contributed by atoms with van der Waals surface area (Å²) in [5.41, 5.74) is 2.42. The predicted octanol–water partition coefficient (Wildman–Crippen LogP) is 2.34. The third-order valence-corrected chi connectivity index (χ3v) is 3.16. The summed E-state index contributed by atoms with van der Waals surface area (Å²) in [6.45, 7) is 2.40. The fraction of sp³-hybridized carbons (Fsp3) is 0.231. The zero-order valence-electron chi connectivity index (χ0n) is 10.0. The summed E-state index contributed by atoms with van der Waals surface area (Å²) in [7, 11) is 0. The summed E-state index contributed by atoms with van der Waals surface area (Å²) in [5, 5.41) is 3.47. The van der Waals surface area contributed by atoms with Gasteiger partial charge in [-0.2, -0.15) is 0 Å². The molecule has 4 nitrogen and oxygen atoms in total. The number of hydrogen-bond donors (Lipinski definition) is 2. The fourth-order valence-corrected chi connectivity index (χ4v) is 1.86. The second kappa shape index (κ2) is 5.69. The molecular formula is C13H14ClN3O. The highest BCUT2D eigenvalue weighted by atomic mass is 35.5. The number of hydrogen-bond acceptors (Lipinski definition) is 2. The summed E-state index contributed by atoms with van der Waals surface area (Å²) in [6, 6.07) is 5.32. The number of benzene rings is 1. The standard InChI is InChI=1S/C13H14ClN3O/c1-9-11(3-2-4-12(9)14)13(18)16-6-5-10-7-15-8-17-10/h2-4,7-8H,5-6H2,1H3,(H,15,17)(H,16,18). The Morgan fingerprint density at radius 1 is 1.50 bits per heavy atom. The van der Waals surface area contributed by atoms with Crippen LogP contribution in [0.2, 0.25) is 5.02 Å². The Labute approximate surface area is 110 Å². The average molecular weight is 264 g/mol. The van der Waals surface area contributed by atoms with Crippen molar-refractivity contribution in [2.45, 2.75) is 13.3 Å². The molecule has 0 spiro atoms. The van der Waals surface area contributed by atoms with E-state index in [0.717, 1.165) is 17.7 Å². The average Bonchev–Trinajstić information content (AvgIpc) is 2.85. The summed E-state index contributed by atoms with van der Waals surface area (Å²) in [6.07, 6.45) is 4.10. The quantitative estimate of drug-likeness (QED) is 0.890. The van der Waals surface area contributed by atoms with E-state index in [0.29, 0.717) is 17.1 Å². The summed E-state index contributed by atoms with van der Waals surface area (Å²) in [4.78, 5) is 18.9. The first-order valence-corrected chi connectivity index (χ1v) is 6.07. The van der Waals surface area contributed by atoms with Crippen LogP contribution in [0.4, 0.5) is 0 Å². The lowest BCUT2D eigenvalue weighted by atomic mass is 10.1. The predicted molar refractivity (Wildman–Crippen MR) is 70.8 cm³/mol. The highest BCUT2D eigenvalue weighted by Crippen LogP contribution is 2.18. The number of aromatic amines is 1. The molecule has 94 valence electrons. The second-order valence-corrected chi connectivity index (χ2v) is 4.40. The summed E-state index contributed by atoms with van der Waals surface area (Å²) >= 11 is 5.98. The molecule has 0 aliphatic heterocycles. The largest absolute Gasteiger partial charge is 0.352 e. The van der Waals surface area contributed by atoms with Gasteiger partial charge in [-0.15, -0.1) is 0 Å². The molecule has 0 saturated carbocycles. The minimum absolute atomic E-state index is 0.102. The Hall–Kier alpha value is -1.81. The first-order valence-electron chi connectivity index (χ1n) is 5.69. The Bertz CT molecular complexity index is 537. The highest BCUT2D eigenvalue weighted by Gasteiger charge is 2.10. The van der Waals surface area contributed by atoms with Crippen molar-refractivity contribution < 1.29 is 4.79 Å². The maximum atomic E-state index is 12.0. The molecule has 0 atom stereocenters. The first kappa shape index (κ1) is 12.6. The van der Waals surface area contributed by atoms with Gasteiger partial charge in [-0.3, -0.25) is 4.79 Å². The van der Waals surface area contributed by atoms with Gasteiger partial charge in [0.05, 0.1) is 6.33 Å². The van der Waals surface area contributed by atoms with Crippen LogP contribution in [0.3, 0.4) is 0 Å². The van der Waals surface area contributed by atoms with E-state index in [-0.39, 0.29) is 5.91 Å². The van der Waals surface area contributed by atoms with Crippen LogP contribution < -0.4 is 5.32 Å². The molecule has 18 heavy (non-hydrogen) atoms. The molecule has 0 unspecified atom stereocenters. The number of imidazole rings is 1. The van der Waals surface area contributed by atoms with E-state index in [2.05, 4.69) is 15.3 Å². The van der Waals surface area contributed by atoms with Gasteiger partial charge in [-0.05, 0) is 24.6 Å². The normalized spacial score (nSPS) is 10.3. The molecule has 2 aromatic rings. The number of carbonyl (C=O) groups is 1. The molecule has 0 bridgehead atoms. The molecule has 1 heterocycles. The zero-order chi connectivity index (χ0) is 13.0. The molecule has 1 aromatic heterocycles. The highest BCUT2D eigenvalue weighted by molar-refractivity contribution is 6.31. The van der Waals surface area contributed by atoms with E-state index in [4.69, 9.17) is 11.6 Å². The minimum Gasteiger partial charge on any atom is -0.352 e. The topological polar surface area (TPSA) is 57.8 Å². The molecule has 2 N–H and O–H groups in total. The smallest absolute Gasteiger partial charge is 0.251 e. The number of rotatable bonds is 4. The molecular weight excluding hydrogens is 250 g/mol. The SMILES string of the molecule is Cc1c(Cl)cccc1C(=O)NCCc1cnc[nH]1. The molecule has 1 aromatic carbocycles. The van der Waals surface area contributed by atoms with Gasteiger partial charge in [0.25, 0.3) is 5.91 Å². The van der Waals surface area contributed by atoms with E-state index < -0.39 is 0 Å². The zero-order valence-corrected chi connectivity index (χ0v) is 10.8. The molecule has 1 amide bonds. The van der Waals surface area contributed by atoms with Crippen molar-refractivity contribution in [1.29, 1.82) is 0 Å². The molecule has 0 aliphatic rings. The van der Waals surface area contributed by atoms with Crippen molar-refractivity contribution in [2.75, 3.05) is 6.54 Å². The Balaban J connectivity index is 1.93. The number of H-pyrrole nitrogens is 1. The van der Waals surface area contributed by atoms with Crippen LogP contribution in [0.25, 0.3) is 0 Å². The van der Waals surface area contributed by atoms with Crippen molar-refractivity contribution in [3.8, 4) is 0 Å². The van der Waals surface area contributed by atoms with Crippen LogP contribution in [0.15, 0.2) is 30.7 Å². The lowest BCUT2D eigenvalue weighted by Gasteiger charge is -2.08. The van der Waals surface area contributed by atoms with Gasteiger partial charge < -0.3 is 10.3 Å². The van der Waals surface area contributed by atoms with E-state index >= 15 is 0 Å². The number of nitrogens with one attached hydrogen (secondary N) is 2. The van der Waals surface area contributed by atoms with E-state index in [1.165, 1.54) is 0 Å². The van der Waals surface area contributed by atoms with Gasteiger partial charge in [0.1, 0.15) is 0 Å². The molecule has 0 saturated heterocycles. The van der Waals surface area contributed by atoms with E-state index in [1.807, 2.05) is 6.92 Å². The Morgan fingerprint density at radius 2 is 2.33 bits per heavy atom. The monoisotopic (exact) mass is 263 g/mol. The van der Waals surface area contributed by atoms with Crippen LogP contribution in [0.1, 0.15) is 21.6 Å². The summed E-state index contributed by atoms with van der Waals surface area (Å²) < 4.78 is 0. The fourth-order valence-electron chi connectivity index (χ4n) is 1.68. The maximum absolute atomic E-state index is 12.0. The number of nitrogens with zero attached hydrogens (tertiary/aromatic N) is 1. The van der Waals surface area contributed by atoms with Gasteiger partial charge in [0, 0.05) is 35.4 Å². The second-order valence-electron chi connectivity index (χ2n) is 4.00. The third-order valence-electron chi connectivity index (χ3n) is 2.75. The third kappa shape index (κ3) is 2.90.